The van der Waals surface area contributed by atoms with Crippen molar-refractivity contribution in [3.8, 4) is 0 Å². The summed E-state index contributed by atoms with van der Waals surface area (Å²) >= 11 is 0. The Kier molecular flexibility index (Phi) is 5.50. The first-order chi connectivity index (χ1) is 7.59. The van der Waals surface area contributed by atoms with Crippen LogP contribution in [0.25, 0.3) is 0 Å². The van der Waals surface area contributed by atoms with Gasteiger partial charge in [-0.3, -0.25) is 0 Å². The van der Waals surface area contributed by atoms with Crippen molar-refractivity contribution in [1.82, 2.24) is 5.32 Å². The van der Waals surface area contributed by atoms with Gasteiger partial charge in [0.05, 0.1) is 0 Å². The Morgan fingerprint density at radius 3 is 2.25 bits per heavy atom. The second-order valence-electron chi connectivity index (χ2n) is 4.84. The minimum absolute atomic E-state index is 0.288. The number of hydrogen-bond acceptors (Lipinski definition) is 2. The Labute approximate surface area is 99.2 Å². The van der Waals surface area contributed by atoms with Crippen LogP contribution in [-0.2, 0) is 6.54 Å². The summed E-state index contributed by atoms with van der Waals surface area (Å²) in [5.41, 5.74) is 8.43. The second kappa shape index (κ2) is 6.66. The first-order valence-electron chi connectivity index (χ1n) is 6.14. The Morgan fingerprint density at radius 1 is 1.12 bits per heavy atom. The molecule has 0 bridgehead atoms. The fourth-order valence-corrected chi connectivity index (χ4v) is 1.58. The topological polar surface area (TPSA) is 38.0 Å². The normalized spacial score (nSPS) is 13.1. The van der Waals surface area contributed by atoms with Crippen molar-refractivity contribution < 1.29 is 0 Å². The van der Waals surface area contributed by atoms with E-state index >= 15 is 0 Å². The third-order valence-electron chi connectivity index (χ3n) is 2.75. The molecule has 3 N–H and O–H groups in total. The first-order valence-corrected chi connectivity index (χ1v) is 6.14. The summed E-state index contributed by atoms with van der Waals surface area (Å²) in [7, 11) is 0. The van der Waals surface area contributed by atoms with Crippen LogP contribution in [0.4, 0.5) is 0 Å². The number of rotatable bonds is 6. The maximum absolute atomic E-state index is 5.69. The van der Waals surface area contributed by atoms with Crippen LogP contribution >= 0.6 is 0 Å². The summed E-state index contributed by atoms with van der Waals surface area (Å²) in [6.45, 7) is 8.40. The lowest BCUT2D eigenvalue weighted by Crippen LogP contribution is -2.23. The summed E-state index contributed by atoms with van der Waals surface area (Å²) in [5.74, 6) is 0.611. The van der Waals surface area contributed by atoms with Crippen molar-refractivity contribution in [3.05, 3.63) is 35.4 Å². The van der Waals surface area contributed by atoms with Crippen LogP contribution in [-0.4, -0.2) is 12.6 Å². The molecule has 0 saturated heterocycles. The molecule has 0 aliphatic rings. The molecule has 1 aromatic carbocycles. The van der Waals surface area contributed by atoms with Crippen molar-refractivity contribution in [2.24, 2.45) is 5.73 Å². The Balaban J connectivity index is 2.32. The van der Waals surface area contributed by atoms with Crippen molar-refractivity contribution in [2.75, 3.05) is 6.54 Å². The Bertz CT molecular complexity index is 288. The molecule has 0 radical (unpaired) electrons. The second-order valence-corrected chi connectivity index (χ2v) is 4.84. The molecular formula is C14H24N2. The maximum atomic E-state index is 5.69. The molecule has 0 fully saturated rings. The van der Waals surface area contributed by atoms with E-state index in [4.69, 9.17) is 5.73 Å². The number of hydrogen-bond donors (Lipinski definition) is 2. The molecule has 1 atom stereocenters. The van der Waals surface area contributed by atoms with Crippen molar-refractivity contribution in [3.63, 3.8) is 0 Å². The lowest BCUT2D eigenvalue weighted by Gasteiger charge is -2.09. The van der Waals surface area contributed by atoms with Gasteiger partial charge >= 0.3 is 0 Å². The smallest absolute Gasteiger partial charge is 0.0205 e. The van der Waals surface area contributed by atoms with E-state index in [-0.39, 0.29) is 6.04 Å². The molecule has 0 heterocycles. The lowest BCUT2D eigenvalue weighted by atomic mass is 10.0. The molecule has 1 aromatic rings. The molecule has 1 unspecified atom stereocenters. The summed E-state index contributed by atoms with van der Waals surface area (Å²) in [6.07, 6.45) is 1.03. The molecule has 0 aliphatic carbocycles. The standard InChI is InChI=1S/C14H24N2/c1-11(2)14-6-4-13(5-7-14)10-16-9-8-12(3)15/h4-7,11-12,16H,8-10,15H2,1-3H3. The van der Waals surface area contributed by atoms with Gasteiger partial charge in [-0.1, -0.05) is 38.1 Å². The highest BCUT2D eigenvalue weighted by atomic mass is 14.9. The average molecular weight is 220 g/mol. The van der Waals surface area contributed by atoms with E-state index in [1.807, 2.05) is 6.92 Å². The molecule has 1 rings (SSSR count). The Hall–Kier alpha value is -0.860. The molecule has 16 heavy (non-hydrogen) atoms. The summed E-state index contributed by atoms with van der Waals surface area (Å²) in [4.78, 5) is 0. The van der Waals surface area contributed by atoms with Crippen LogP contribution < -0.4 is 11.1 Å². The highest BCUT2D eigenvalue weighted by molar-refractivity contribution is 5.24. The third-order valence-corrected chi connectivity index (χ3v) is 2.75. The minimum atomic E-state index is 0.288. The molecule has 2 nitrogen and oxygen atoms in total. The molecule has 0 aromatic heterocycles. The molecule has 0 saturated carbocycles. The highest BCUT2D eigenvalue weighted by Gasteiger charge is 1.99. The van der Waals surface area contributed by atoms with Crippen LogP contribution in [0.3, 0.4) is 0 Å². The summed E-state index contributed by atoms with van der Waals surface area (Å²) < 4.78 is 0. The van der Waals surface area contributed by atoms with E-state index in [0.29, 0.717) is 5.92 Å². The van der Waals surface area contributed by atoms with Crippen molar-refractivity contribution >= 4 is 0 Å². The van der Waals surface area contributed by atoms with Crippen molar-refractivity contribution in [1.29, 1.82) is 0 Å². The first kappa shape index (κ1) is 13.2. The number of nitrogens with one attached hydrogen (secondary N) is 1. The maximum Gasteiger partial charge on any atom is 0.0205 e. The fourth-order valence-electron chi connectivity index (χ4n) is 1.58. The SMILES string of the molecule is CC(N)CCNCc1ccc(C(C)C)cc1. The van der Waals surface area contributed by atoms with E-state index in [2.05, 4.69) is 43.4 Å². The van der Waals surface area contributed by atoms with Gasteiger partial charge in [0.25, 0.3) is 0 Å². The van der Waals surface area contributed by atoms with E-state index in [0.717, 1.165) is 19.5 Å². The largest absolute Gasteiger partial charge is 0.328 e. The molecule has 0 amide bonds. The van der Waals surface area contributed by atoms with Crippen LogP contribution in [0.1, 0.15) is 44.2 Å². The zero-order chi connectivity index (χ0) is 12.0. The molecular weight excluding hydrogens is 196 g/mol. The van der Waals surface area contributed by atoms with Gasteiger partial charge < -0.3 is 11.1 Å². The van der Waals surface area contributed by atoms with Crippen LogP contribution in [0.5, 0.6) is 0 Å². The third kappa shape index (κ3) is 4.77. The van der Waals surface area contributed by atoms with E-state index < -0.39 is 0 Å². The van der Waals surface area contributed by atoms with E-state index in [9.17, 15) is 0 Å². The van der Waals surface area contributed by atoms with E-state index in [1.165, 1.54) is 11.1 Å². The highest BCUT2D eigenvalue weighted by Crippen LogP contribution is 2.14. The van der Waals surface area contributed by atoms with Gasteiger partial charge in [0, 0.05) is 12.6 Å². The number of nitrogens with two attached hydrogens (primary N) is 1. The van der Waals surface area contributed by atoms with Crippen LogP contribution in [0, 0.1) is 0 Å². The quantitative estimate of drug-likeness (QED) is 0.723. The number of benzene rings is 1. The molecule has 90 valence electrons. The van der Waals surface area contributed by atoms with Gasteiger partial charge in [-0.15, -0.1) is 0 Å². The Morgan fingerprint density at radius 2 is 1.75 bits per heavy atom. The van der Waals surface area contributed by atoms with Gasteiger partial charge in [0.2, 0.25) is 0 Å². The fraction of sp³-hybridized carbons (Fsp3) is 0.571. The van der Waals surface area contributed by atoms with Crippen LogP contribution in [0.2, 0.25) is 0 Å². The van der Waals surface area contributed by atoms with E-state index in [1.54, 1.807) is 0 Å². The van der Waals surface area contributed by atoms with Gasteiger partial charge in [-0.25, -0.2) is 0 Å². The van der Waals surface area contributed by atoms with Gasteiger partial charge in [0.1, 0.15) is 0 Å². The molecule has 2 heteroatoms. The summed E-state index contributed by atoms with van der Waals surface area (Å²) in [5, 5.41) is 3.40. The van der Waals surface area contributed by atoms with Gasteiger partial charge in [-0.2, -0.15) is 0 Å². The lowest BCUT2D eigenvalue weighted by molar-refractivity contribution is 0.589. The van der Waals surface area contributed by atoms with Gasteiger partial charge in [-0.05, 0) is 36.9 Å². The zero-order valence-electron chi connectivity index (χ0n) is 10.7. The van der Waals surface area contributed by atoms with Crippen molar-refractivity contribution in [2.45, 2.75) is 45.7 Å². The van der Waals surface area contributed by atoms with Crippen LogP contribution in [0.15, 0.2) is 24.3 Å². The summed E-state index contributed by atoms with van der Waals surface area (Å²) in [6, 6.07) is 9.12. The molecule has 0 aliphatic heterocycles. The monoisotopic (exact) mass is 220 g/mol. The van der Waals surface area contributed by atoms with Gasteiger partial charge in [0.15, 0.2) is 0 Å². The average Bonchev–Trinajstić information content (AvgIpc) is 2.25. The minimum Gasteiger partial charge on any atom is -0.328 e. The molecule has 0 spiro atoms. The zero-order valence-corrected chi connectivity index (χ0v) is 10.7. The predicted molar refractivity (Wildman–Crippen MR) is 70.5 cm³/mol. The predicted octanol–water partition coefficient (Wildman–Crippen LogP) is 2.64.